The number of benzene rings is 2. The van der Waals surface area contributed by atoms with Crippen LogP contribution in [0.15, 0.2) is 54.6 Å². The number of nitrogens with zero attached hydrogens (tertiary/aromatic N) is 2. The molecule has 1 aliphatic heterocycles. The van der Waals surface area contributed by atoms with Crippen molar-refractivity contribution in [3.63, 3.8) is 0 Å². The molecule has 0 saturated heterocycles. The molecule has 0 unspecified atom stereocenters. The number of carbonyl (C=O) groups is 1. The summed E-state index contributed by atoms with van der Waals surface area (Å²) in [6, 6.07) is 15.6. The van der Waals surface area contributed by atoms with Crippen LogP contribution in [-0.2, 0) is 24.2 Å². The summed E-state index contributed by atoms with van der Waals surface area (Å²) < 4.78 is 36.2. The van der Waals surface area contributed by atoms with E-state index < -0.39 is 23.3 Å². The SMILES string of the molecule is CC(C)(C)OC(=O)n1c(-c2c(F)cccc2F)cc2c1CCN(Cc1ccccc1)C2. The highest BCUT2D eigenvalue weighted by Gasteiger charge is 2.30. The summed E-state index contributed by atoms with van der Waals surface area (Å²) in [5.41, 5.74) is 2.07. The minimum absolute atomic E-state index is 0.191. The van der Waals surface area contributed by atoms with Gasteiger partial charge in [-0.1, -0.05) is 36.4 Å². The second kappa shape index (κ2) is 8.27. The standard InChI is InChI=1S/C25H26F2N2O2/c1-25(2,3)31-24(30)29-21-12-13-28(15-17-8-5-4-6-9-17)16-18(21)14-22(29)23-19(26)10-7-11-20(23)27/h4-11,14H,12-13,15-16H2,1-3H3. The first-order valence-electron chi connectivity index (χ1n) is 10.4. The van der Waals surface area contributed by atoms with E-state index >= 15 is 0 Å². The van der Waals surface area contributed by atoms with E-state index in [0.29, 0.717) is 13.0 Å². The molecule has 162 valence electrons. The number of halogens is 2. The normalized spacial score (nSPS) is 14.4. The highest BCUT2D eigenvalue weighted by Crippen LogP contribution is 2.34. The lowest BCUT2D eigenvalue weighted by atomic mass is 10.1. The zero-order valence-corrected chi connectivity index (χ0v) is 18.0. The molecule has 4 nitrogen and oxygen atoms in total. The molecule has 0 atom stereocenters. The van der Waals surface area contributed by atoms with Gasteiger partial charge < -0.3 is 4.74 Å². The Morgan fingerprint density at radius 1 is 1.03 bits per heavy atom. The number of rotatable bonds is 3. The topological polar surface area (TPSA) is 34.5 Å². The average Bonchev–Trinajstić information content (AvgIpc) is 3.05. The van der Waals surface area contributed by atoms with Gasteiger partial charge in [-0.05, 0) is 50.1 Å². The molecule has 0 radical (unpaired) electrons. The summed E-state index contributed by atoms with van der Waals surface area (Å²) in [5, 5.41) is 0. The van der Waals surface area contributed by atoms with Crippen molar-refractivity contribution < 1.29 is 18.3 Å². The van der Waals surface area contributed by atoms with Crippen LogP contribution < -0.4 is 0 Å². The van der Waals surface area contributed by atoms with Gasteiger partial charge in [-0.3, -0.25) is 4.90 Å². The maximum atomic E-state index is 14.6. The minimum Gasteiger partial charge on any atom is -0.443 e. The van der Waals surface area contributed by atoms with Gasteiger partial charge in [0.15, 0.2) is 0 Å². The van der Waals surface area contributed by atoms with Crippen molar-refractivity contribution in [2.45, 2.75) is 45.9 Å². The average molecular weight is 424 g/mol. The van der Waals surface area contributed by atoms with Crippen LogP contribution in [-0.4, -0.2) is 27.7 Å². The molecule has 0 N–H and O–H groups in total. The Bertz CT molecular complexity index is 1080. The second-order valence-corrected chi connectivity index (χ2v) is 8.86. The van der Waals surface area contributed by atoms with Crippen LogP contribution in [0, 0.1) is 11.6 Å². The van der Waals surface area contributed by atoms with E-state index in [-0.39, 0.29) is 11.3 Å². The zero-order valence-electron chi connectivity index (χ0n) is 18.0. The first-order chi connectivity index (χ1) is 14.7. The van der Waals surface area contributed by atoms with Gasteiger partial charge in [0.05, 0.1) is 11.3 Å². The Morgan fingerprint density at radius 3 is 2.35 bits per heavy atom. The summed E-state index contributed by atoms with van der Waals surface area (Å²) in [6.45, 7) is 7.39. The Hall–Kier alpha value is -2.99. The van der Waals surface area contributed by atoms with Crippen LogP contribution in [0.1, 0.15) is 37.6 Å². The number of carbonyl (C=O) groups excluding carboxylic acids is 1. The van der Waals surface area contributed by atoms with Crippen molar-refractivity contribution in [1.82, 2.24) is 9.47 Å². The summed E-state index contributed by atoms with van der Waals surface area (Å²) >= 11 is 0. The molecule has 3 aromatic rings. The van der Waals surface area contributed by atoms with Crippen LogP contribution in [0.3, 0.4) is 0 Å². The molecule has 1 aromatic heterocycles. The molecule has 0 aliphatic carbocycles. The van der Waals surface area contributed by atoms with Gasteiger partial charge in [0, 0.05) is 31.7 Å². The summed E-state index contributed by atoms with van der Waals surface area (Å²) in [7, 11) is 0. The molecule has 4 rings (SSSR count). The van der Waals surface area contributed by atoms with E-state index in [1.54, 1.807) is 26.8 Å². The smallest absolute Gasteiger partial charge is 0.419 e. The Kier molecular flexibility index (Phi) is 5.67. The van der Waals surface area contributed by atoms with Crippen molar-refractivity contribution in [3.05, 3.63) is 83.1 Å². The van der Waals surface area contributed by atoms with Crippen molar-refractivity contribution in [1.29, 1.82) is 0 Å². The molecule has 1 aliphatic rings. The Labute approximate surface area is 181 Å². The van der Waals surface area contributed by atoms with Gasteiger partial charge in [0.2, 0.25) is 0 Å². The molecule has 0 amide bonds. The van der Waals surface area contributed by atoms with Crippen LogP contribution in [0.2, 0.25) is 0 Å². The quantitative estimate of drug-likeness (QED) is 0.535. The third-order valence-corrected chi connectivity index (χ3v) is 5.30. The van der Waals surface area contributed by atoms with Gasteiger partial charge in [-0.25, -0.2) is 18.1 Å². The summed E-state index contributed by atoms with van der Waals surface area (Å²) in [4.78, 5) is 15.3. The zero-order chi connectivity index (χ0) is 22.2. The lowest BCUT2D eigenvalue weighted by molar-refractivity contribution is 0.0533. The maximum absolute atomic E-state index is 14.6. The molecular formula is C25H26F2N2O2. The van der Waals surface area contributed by atoms with Crippen LogP contribution >= 0.6 is 0 Å². The highest BCUT2D eigenvalue weighted by molar-refractivity contribution is 5.81. The van der Waals surface area contributed by atoms with Gasteiger partial charge in [-0.15, -0.1) is 0 Å². The lowest BCUT2D eigenvalue weighted by Crippen LogP contribution is -2.33. The number of ether oxygens (including phenoxy) is 1. The molecule has 0 fully saturated rings. The van der Waals surface area contributed by atoms with E-state index in [1.807, 2.05) is 18.2 Å². The first kappa shape index (κ1) is 21.2. The fourth-order valence-corrected chi connectivity index (χ4v) is 4.01. The third-order valence-electron chi connectivity index (χ3n) is 5.30. The molecule has 0 spiro atoms. The number of aromatic nitrogens is 1. The predicted octanol–water partition coefficient (Wildman–Crippen LogP) is 5.77. The lowest BCUT2D eigenvalue weighted by Gasteiger charge is -2.28. The summed E-state index contributed by atoms with van der Waals surface area (Å²) in [5.74, 6) is -1.42. The fourth-order valence-electron chi connectivity index (χ4n) is 4.01. The van der Waals surface area contributed by atoms with Crippen molar-refractivity contribution >= 4 is 6.09 Å². The van der Waals surface area contributed by atoms with Crippen molar-refractivity contribution in [2.75, 3.05) is 6.54 Å². The maximum Gasteiger partial charge on any atom is 0.419 e. The first-order valence-corrected chi connectivity index (χ1v) is 10.4. The van der Waals surface area contributed by atoms with E-state index in [1.165, 1.54) is 28.3 Å². The molecule has 6 heteroatoms. The summed E-state index contributed by atoms with van der Waals surface area (Å²) in [6.07, 6.45) is -0.0415. The van der Waals surface area contributed by atoms with Gasteiger partial charge >= 0.3 is 6.09 Å². The highest BCUT2D eigenvalue weighted by atomic mass is 19.1. The number of fused-ring (bicyclic) bond motifs is 1. The molecule has 2 aromatic carbocycles. The minimum atomic E-state index is -0.729. The van der Waals surface area contributed by atoms with Gasteiger partial charge in [0.1, 0.15) is 17.2 Å². The Morgan fingerprint density at radius 2 is 1.71 bits per heavy atom. The van der Waals surface area contributed by atoms with Gasteiger partial charge in [0.25, 0.3) is 0 Å². The van der Waals surface area contributed by atoms with Crippen molar-refractivity contribution in [2.24, 2.45) is 0 Å². The predicted molar refractivity (Wildman–Crippen MR) is 116 cm³/mol. The molecule has 0 bridgehead atoms. The van der Waals surface area contributed by atoms with E-state index in [4.69, 9.17) is 4.74 Å². The van der Waals surface area contributed by atoms with Crippen LogP contribution in [0.5, 0.6) is 0 Å². The third kappa shape index (κ3) is 4.54. The molecule has 0 saturated carbocycles. The molecular weight excluding hydrogens is 398 g/mol. The van der Waals surface area contributed by atoms with Gasteiger partial charge in [-0.2, -0.15) is 0 Å². The fraction of sp³-hybridized carbons (Fsp3) is 0.320. The van der Waals surface area contributed by atoms with Crippen molar-refractivity contribution in [3.8, 4) is 11.3 Å². The Balaban J connectivity index is 1.75. The van der Waals surface area contributed by atoms with Crippen LogP contribution in [0.25, 0.3) is 11.3 Å². The van der Waals surface area contributed by atoms with E-state index in [0.717, 1.165) is 24.3 Å². The molecule has 2 heterocycles. The number of hydrogen-bond acceptors (Lipinski definition) is 3. The molecule has 31 heavy (non-hydrogen) atoms. The number of hydrogen-bond donors (Lipinski definition) is 0. The van der Waals surface area contributed by atoms with E-state index in [9.17, 15) is 13.6 Å². The van der Waals surface area contributed by atoms with Crippen LogP contribution in [0.4, 0.5) is 13.6 Å². The monoisotopic (exact) mass is 424 g/mol. The van der Waals surface area contributed by atoms with E-state index in [2.05, 4.69) is 17.0 Å². The second-order valence-electron chi connectivity index (χ2n) is 8.86. The largest absolute Gasteiger partial charge is 0.443 e.